The Labute approximate surface area is 185 Å². The third-order valence-corrected chi connectivity index (χ3v) is 5.36. The molecule has 3 aromatic rings. The number of hydrogen-bond acceptors (Lipinski definition) is 3. The average molecular weight is 465 g/mol. The number of rotatable bonds is 4. The van der Waals surface area contributed by atoms with Crippen LogP contribution in [0, 0.1) is 34.9 Å². The zero-order valence-corrected chi connectivity index (χ0v) is 17.0. The molecule has 0 aromatic heterocycles. The molecule has 4 rings (SSSR count). The van der Waals surface area contributed by atoms with Crippen LogP contribution in [-0.4, -0.2) is 32.1 Å². The summed E-state index contributed by atoms with van der Waals surface area (Å²) in [6.45, 7) is 0.621. The standard InChI is InChI=1S/C23H17F6N3O/c24-14-3-1-2-13(12-14)23(33)30-15-4-6-16(7-5-15)31-8-10-32(11-9-31)22-20(28)18(26)17(25)19(27)21(22)29/h1-7,12H,8-11H2,(H,30,33). The van der Waals surface area contributed by atoms with E-state index in [4.69, 9.17) is 0 Å². The molecule has 4 nitrogen and oxygen atoms in total. The second-order valence-electron chi connectivity index (χ2n) is 7.40. The summed E-state index contributed by atoms with van der Waals surface area (Å²) >= 11 is 0. The molecule has 1 aliphatic rings. The van der Waals surface area contributed by atoms with Gasteiger partial charge in [-0.05, 0) is 42.5 Å². The quantitative estimate of drug-likeness (QED) is 0.331. The van der Waals surface area contributed by atoms with Crippen LogP contribution in [-0.2, 0) is 0 Å². The van der Waals surface area contributed by atoms with Crippen LogP contribution in [0.4, 0.5) is 43.4 Å². The van der Waals surface area contributed by atoms with Crippen molar-refractivity contribution in [2.45, 2.75) is 0 Å². The third-order valence-electron chi connectivity index (χ3n) is 5.36. The number of benzene rings is 3. The summed E-state index contributed by atoms with van der Waals surface area (Å²) < 4.78 is 81.7. The predicted molar refractivity (Wildman–Crippen MR) is 111 cm³/mol. The minimum Gasteiger partial charge on any atom is -0.368 e. The highest BCUT2D eigenvalue weighted by Gasteiger charge is 2.30. The zero-order valence-electron chi connectivity index (χ0n) is 17.0. The average Bonchev–Trinajstić information content (AvgIpc) is 2.82. The van der Waals surface area contributed by atoms with Gasteiger partial charge in [0.05, 0.1) is 0 Å². The third kappa shape index (κ3) is 4.46. The lowest BCUT2D eigenvalue weighted by atomic mass is 10.1. The normalized spacial score (nSPS) is 13.9. The molecular formula is C23H17F6N3O. The molecule has 0 unspecified atom stereocenters. The second kappa shape index (κ2) is 9.05. The molecule has 0 bridgehead atoms. The lowest BCUT2D eigenvalue weighted by Gasteiger charge is -2.37. The highest BCUT2D eigenvalue weighted by Crippen LogP contribution is 2.31. The number of piperazine rings is 1. The van der Waals surface area contributed by atoms with Crippen molar-refractivity contribution < 1.29 is 31.1 Å². The monoisotopic (exact) mass is 465 g/mol. The Bertz CT molecular complexity index is 1160. The minimum atomic E-state index is -2.18. The van der Waals surface area contributed by atoms with Crippen LogP contribution in [0.5, 0.6) is 0 Å². The predicted octanol–water partition coefficient (Wildman–Crippen LogP) is 5.10. The molecule has 1 fully saturated rings. The molecule has 1 saturated heterocycles. The minimum absolute atomic E-state index is 0.0381. The fourth-order valence-electron chi connectivity index (χ4n) is 3.65. The topological polar surface area (TPSA) is 35.6 Å². The zero-order chi connectivity index (χ0) is 23.7. The molecule has 0 saturated carbocycles. The van der Waals surface area contributed by atoms with E-state index in [1.807, 2.05) is 4.90 Å². The molecule has 172 valence electrons. The number of anilines is 3. The van der Waals surface area contributed by atoms with Crippen molar-refractivity contribution >= 4 is 23.0 Å². The number of amides is 1. The first-order valence-electron chi connectivity index (χ1n) is 9.94. The van der Waals surface area contributed by atoms with Gasteiger partial charge in [0, 0.05) is 43.1 Å². The van der Waals surface area contributed by atoms with Crippen molar-refractivity contribution in [3.63, 3.8) is 0 Å². The van der Waals surface area contributed by atoms with Crippen molar-refractivity contribution in [3.8, 4) is 0 Å². The van der Waals surface area contributed by atoms with Gasteiger partial charge in [-0.1, -0.05) is 6.07 Å². The molecule has 0 atom stereocenters. The molecule has 3 aromatic carbocycles. The van der Waals surface area contributed by atoms with Gasteiger partial charge in [0.1, 0.15) is 11.5 Å². The van der Waals surface area contributed by atoms with E-state index in [2.05, 4.69) is 5.32 Å². The molecule has 1 heterocycles. The van der Waals surface area contributed by atoms with Crippen LogP contribution in [0.25, 0.3) is 0 Å². The summed E-state index contributed by atoms with van der Waals surface area (Å²) in [6.07, 6.45) is 0. The van der Waals surface area contributed by atoms with Gasteiger partial charge in [0.2, 0.25) is 5.82 Å². The van der Waals surface area contributed by atoms with Crippen molar-refractivity contribution in [2.24, 2.45) is 0 Å². The summed E-state index contributed by atoms with van der Waals surface area (Å²) in [4.78, 5) is 15.2. The van der Waals surface area contributed by atoms with E-state index < -0.39 is 46.5 Å². The Hall–Kier alpha value is -3.69. The van der Waals surface area contributed by atoms with E-state index in [0.717, 1.165) is 16.7 Å². The summed E-state index contributed by atoms with van der Waals surface area (Å²) in [6, 6.07) is 12.0. The lowest BCUT2D eigenvalue weighted by Crippen LogP contribution is -2.47. The molecule has 33 heavy (non-hydrogen) atoms. The molecule has 0 spiro atoms. The van der Waals surface area contributed by atoms with E-state index in [1.54, 1.807) is 24.3 Å². The van der Waals surface area contributed by atoms with Crippen LogP contribution in [0.15, 0.2) is 48.5 Å². The highest BCUT2D eigenvalue weighted by atomic mass is 19.2. The molecular weight excluding hydrogens is 448 g/mol. The first-order chi connectivity index (χ1) is 15.8. The number of halogens is 6. The molecule has 1 aliphatic heterocycles. The number of carbonyl (C=O) groups is 1. The van der Waals surface area contributed by atoms with Gasteiger partial charge in [-0.2, -0.15) is 0 Å². The maximum absolute atomic E-state index is 14.1. The highest BCUT2D eigenvalue weighted by molar-refractivity contribution is 6.04. The fourth-order valence-corrected chi connectivity index (χ4v) is 3.65. The first-order valence-corrected chi connectivity index (χ1v) is 9.94. The van der Waals surface area contributed by atoms with E-state index in [-0.39, 0.29) is 31.7 Å². The van der Waals surface area contributed by atoms with Crippen molar-refractivity contribution in [3.05, 3.63) is 89.0 Å². The van der Waals surface area contributed by atoms with E-state index >= 15 is 0 Å². The van der Waals surface area contributed by atoms with Crippen molar-refractivity contribution in [2.75, 3.05) is 41.3 Å². The summed E-state index contributed by atoms with van der Waals surface area (Å²) in [5, 5.41) is 2.65. The Kier molecular flexibility index (Phi) is 6.17. The Morgan fingerprint density at radius 1 is 0.697 bits per heavy atom. The Balaban J connectivity index is 1.41. The second-order valence-corrected chi connectivity index (χ2v) is 7.40. The maximum atomic E-state index is 14.1. The van der Waals surface area contributed by atoms with Crippen molar-refractivity contribution in [1.82, 2.24) is 0 Å². The van der Waals surface area contributed by atoms with Gasteiger partial charge in [-0.25, -0.2) is 26.3 Å². The fraction of sp³-hybridized carbons (Fsp3) is 0.174. The summed E-state index contributed by atoms with van der Waals surface area (Å²) in [5.41, 5.74) is 0.466. The van der Waals surface area contributed by atoms with Gasteiger partial charge in [0.15, 0.2) is 23.3 Å². The van der Waals surface area contributed by atoms with E-state index in [9.17, 15) is 31.1 Å². The maximum Gasteiger partial charge on any atom is 0.255 e. The molecule has 1 N–H and O–H groups in total. The smallest absolute Gasteiger partial charge is 0.255 e. The Morgan fingerprint density at radius 3 is 1.82 bits per heavy atom. The largest absolute Gasteiger partial charge is 0.368 e. The lowest BCUT2D eigenvalue weighted by molar-refractivity contribution is 0.102. The molecule has 0 aliphatic carbocycles. The van der Waals surface area contributed by atoms with Gasteiger partial charge in [-0.15, -0.1) is 0 Å². The van der Waals surface area contributed by atoms with Gasteiger partial charge in [0.25, 0.3) is 5.91 Å². The van der Waals surface area contributed by atoms with E-state index in [0.29, 0.717) is 5.69 Å². The molecule has 1 amide bonds. The van der Waals surface area contributed by atoms with Gasteiger partial charge >= 0.3 is 0 Å². The van der Waals surface area contributed by atoms with Crippen LogP contribution < -0.4 is 15.1 Å². The van der Waals surface area contributed by atoms with Gasteiger partial charge < -0.3 is 15.1 Å². The van der Waals surface area contributed by atoms with Crippen LogP contribution in [0.3, 0.4) is 0 Å². The summed E-state index contributed by atoms with van der Waals surface area (Å²) in [5.74, 6) is -10.8. The number of nitrogens with zero attached hydrogens (tertiary/aromatic N) is 2. The SMILES string of the molecule is O=C(Nc1ccc(N2CCN(c3c(F)c(F)c(F)c(F)c3F)CC2)cc1)c1cccc(F)c1. The van der Waals surface area contributed by atoms with Crippen LogP contribution in [0.1, 0.15) is 10.4 Å². The molecule has 10 heteroatoms. The Morgan fingerprint density at radius 2 is 1.24 bits per heavy atom. The molecule has 0 radical (unpaired) electrons. The number of nitrogens with one attached hydrogen (secondary N) is 1. The van der Waals surface area contributed by atoms with E-state index in [1.165, 1.54) is 18.2 Å². The first kappa shape index (κ1) is 22.5. The van der Waals surface area contributed by atoms with Crippen molar-refractivity contribution in [1.29, 1.82) is 0 Å². The van der Waals surface area contributed by atoms with Crippen LogP contribution >= 0.6 is 0 Å². The number of carbonyl (C=O) groups excluding carboxylic acids is 1. The van der Waals surface area contributed by atoms with Gasteiger partial charge in [-0.3, -0.25) is 4.79 Å². The summed E-state index contributed by atoms with van der Waals surface area (Å²) in [7, 11) is 0. The van der Waals surface area contributed by atoms with Crippen LogP contribution in [0.2, 0.25) is 0 Å². The number of hydrogen-bond donors (Lipinski definition) is 1.